The van der Waals surface area contributed by atoms with Gasteiger partial charge in [-0.25, -0.2) is 8.42 Å². The minimum absolute atomic E-state index is 0.0907. The highest BCUT2D eigenvalue weighted by Crippen LogP contribution is 2.32. The molecule has 114 valence electrons. The van der Waals surface area contributed by atoms with Gasteiger partial charge in [0.15, 0.2) is 0 Å². The van der Waals surface area contributed by atoms with Crippen LogP contribution < -0.4 is 10.0 Å². The third kappa shape index (κ3) is 3.09. The van der Waals surface area contributed by atoms with Gasteiger partial charge in [-0.15, -0.1) is 0 Å². The molecule has 7 nitrogen and oxygen atoms in total. The molecular formula is C12H13BrN2O5S. The first-order chi connectivity index (χ1) is 9.53. The van der Waals surface area contributed by atoms with Crippen molar-refractivity contribution in [1.29, 1.82) is 0 Å². The van der Waals surface area contributed by atoms with Crippen LogP contribution in [0.3, 0.4) is 0 Å². The Morgan fingerprint density at radius 2 is 2.05 bits per heavy atom. The Balaban J connectivity index is 2.45. The predicted octanol–water partition coefficient (Wildman–Crippen LogP) is 1.09. The molecule has 0 aliphatic carbocycles. The SMILES string of the molecule is CC(C)(NS(=O)(=O)c1cc2c(cc1Br)NC(=O)C2)C(=O)O. The standard InChI is InChI=1S/C12H13BrN2O5S/c1-12(2,11(17)18)15-21(19,20)9-3-6-4-10(16)14-8(6)5-7(9)13/h3,5,15H,4H2,1-2H3,(H,14,16)(H,17,18). The molecule has 3 N–H and O–H groups in total. The van der Waals surface area contributed by atoms with E-state index in [0.29, 0.717) is 11.3 Å². The lowest BCUT2D eigenvalue weighted by Gasteiger charge is -2.21. The molecule has 0 bridgehead atoms. The van der Waals surface area contributed by atoms with Crippen LogP contribution in [0.1, 0.15) is 19.4 Å². The topological polar surface area (TPSA) is 113 Å². The molecule has 21 heavy (non-hydrogen) atoms. The Kier molecular flexibility index (Phi) is 3.85. The maximum Gasteiger partial charge on any atom is 0.324 e. The van der Waals surface area contributed by atoms with Gasteiger partial charge in [0.25, 0.3) is 0 Å². The van der Waals surface area contributed by atoms with E-state index in [-0.39, 0.29) is 21.7 Å². The molecule has 1 amide bonds. The van der Waals surface area contributed by atoms with Crippen molar-refractivity contribution in [3.05, 3.63) is 22.2 Å². The third-order valence-electron chi connectivity index (χ3n) is 3.00. The second-order valence-electron chi connectivity index (χ2n) is 5.20. The zero-order valence-electron chi connectivity index (χ0n) is 11.2. The highest BCUT2D eigenvalue weighted by molar-refractivity contribution is 9.10. The summed E-state index contributed by atoms with van der Waals surface area (Å²) in [7, 11) is -4.05. The minimum atomic E-state index is -4.05. The quantitative estimate of drug-likeness (QED) is 0.727. The maximum atomic E-state index is 12.3. The van der Waals surface area contributed by atoms with Gasteiger partial charge >= 0.3 is 5.97 Å². The molecule has 0 atom stereocenters. The molecule has 1 aliphatic heterocycles. The summed E-state index contributed by atoms with van der Waals surface area (Å²) in [6.45, 7) is 2.50. The number of benzene rings is 1. The number of carbonyl (C=O) groups is 2. The van der Waals surface area contributed by atoms with E-state index in [1.807, 2.05) is 0 Å². The van der Waals surface area contributed by atoms with Gasteiger partial charge in [-0.05, 0) is 47.5 Å². The van der Waals surface area contributed by atoms with Crippen molar-refractivity contribution in [2.75, 3.05) is 5.32 Å². The second kappa shape index (κ2) is 5.08. The van der Waals surface area contributed by atoms with Crippen molar-refractivity contribution in [2.45, 2.75) is 30.7 Å². The summed E-state index contributed by atoms with van der Waals surface area (Å²) in [5.41, 5.74) is -0.550. The summed E-state index contributed by atoms with van der Waals surface area (Å²) in [5, 5.41) is 11.6. The van der Waals surface area contributed by atoms with Crippen molar-refractivity contribution < 1.29 is 23.1 Å². The fraction of sp³-hybridized carbons (Fsp3) is 0.333. The molecule has 1 aromatic rings. The van der Waals surface area contributed by atoms with Crippen molar-refractivity contribution in [1.82, 2.24) is 4.72 Å². The zero-order valence-corrected chi connectivity index (χ0v) is 13.6. The van der Waals surface area contributed by atoms with E-state index in [0.717, 1.165) is 0 Å². The van der Waals surface area contributed by atoms with Crippen molar-refractivity contribution in [3.63, 3.8) is 0 Å². The summed E-state index contributed by atoms with van der Waals surface area (Å²) in [6.07, 6.45) is 0.0907. The lowest BCUT2D eigenvalue weighted by molar-refractivity contribution is -0.142. The van der Waals surface area contributed by atoms with Crippen LogP contribution in [-0.4, -0.2) is 30.9 Å². The Bertz CT molecular complexity index is 742. The van der Waals surface area contributed by atoms with E-state index in [9.17, 15) is 18.0 Å². The van der Waals surface area contributed by atoms with E-state index in [2.05, 4.69) is 26.0 Å². The first kappa shape index (κ1) is 15.9. The van der Waals surface area contributed by atoms with Crippen LogP contribution in [0.25, 0.3) is 0 Å². The number of aliphatic carboxylic acids is 1. The number of sulfonamides is 1. The van der Waals surface area contributed by atoms with Crippen molar-refractivity contribution in [3.8, 4) is 0 Å². The summed E-state index contributed by atoms with van der Waals surface area (Å²) >= 11 is 3.13. The predicted molar refractivity (Wildman–Crippen MR) is 78.5 cm³/mol. The summed E-state index contributed by atoms with van der Waals surface area (Å²) in [4.78, 5) is 22.3. The van der Waals surface area contributed by atoms with Gasteiger partial charge in [-0.1, -0.05) is 0 Å². The molecule has 1 aromatic carbocycles. The molecule has 0 fully saturated rings. The average molecular weight is 377 g/mol. The molecule has 9 heteroatoms. The number of hydrogen-bond donors (Lipinski definition) is 3. The van der Waals surface area contributed by atoms with Crippen LogP contribution in [0.5, 0.6) is 0 Å². The normalized spacial score (nSPS) is 14.7. The smallest absolute Gasteiger partial charge is 0.324 e. The van der Waals surface area contributed by atoms with Gasteiger partial charge in [0.1, 0.15) is 5.54 Å². The van der Waals surface area contributed by atoms with Gasteiger partial charge in [0, 0.05) is 10.2 Å². The largest absolute Gasteiger partial charge is 0.480 e. The fourth-order valence-corrected chi connectivity index (χ4v) is 4.33. The third-order valence-corrected chi connectivity index (χ3v) is 5.61. The van der Waals surface area contributed by atoms with E-state index in [4.69, 9.17) is 5.11 Å². The summed E-state index contributed by atoms with van der Waals surface area (Å²) in [5.74, 6) is -1.51. The Morgan fingerprint density at radius 1 is 1.43 bits per heavy atom. The second-order valence-corrected chi connectivity index (χ2v) is 7.71. The monoisotopic (exact) mass is 376 g/mol. The highest BCUT2D eigenvalue weighted by atomic mass is 79.9. The van der Waals surface area contributed by atoms with Crippen LogP contribution in [0.15, 0.2) is 21.5 Å². The molecule has 0 spiro atoms. The number of amides is 1. The average Bonchev–Trinajstić information content (AvgIpc) is 2.65. The Hall–Kier alpha value is -1.45. The Labute approximate surface area is 129 Å². The first-order valence-corrected chi connectivity index (χ1v) is 8.20. The first-order valence-electron chi connectivity index (χ1n) is 5.92. The number of carbonyl (C=O) groups excluding carboxylic acids is 1. The highest BCUT2D eigenvalue weighted by Gasteiger charge is 2.34. The summed E-state index contributed by atoms with van der Waals surface area (Å²) < 4.78 is 27.1. The molecule has 2 rings (SSSR count). The van der Waals surface area contributed by atoms with Gasteiger partial charge in [0.2, 0.25) is 15.9 Å². The van der Waals surface area contributed by atoms with Crippen LogP contribution in [0.4, 0.5) is 5.69 Å². The van der Waals surface area contributed by atoms with Crippen molar-refractivity contribution in [2.24, 2.45) is 0 Å². The molecule has 0 aromatic heterocycles. The number of rotatable bonds is 4. The number of carboxylic acid groups (broad SMARTS) is 1. The number of nitrogens with one attached hydrogen (secondary N) is 2. The van der Waals surface area contributed by atoms with E-state index < -0.39 is 21.5 Å². The summed E-state index contributed by atoms with van der Waals surface area (Å²) in [6, 6.07) is 2.85. The van der Waals surface area contributed by atoms with Gasteiger partial charge in [0.05, 0.1) is 11.3 Å². The minimum Gasteiger partial charge on any atom is -0.480 e. The van der Waals surface area contributed by atoms with Crippen LogP contribution in [-0.2, 0) is 26.0 Å². The number of carboxylic acids is 1. The molecule has 1 heterocycles. The van der Waals surface area contributed by atoms with Gasteiger partial charge < -0.3 is 10.4 Å². The maximum absolute atomic E-state index is 12.3. The number of anilines is 1. The van der Waals surface area contributed by atoms with Crippen LogP contribution >= 0.6 is 15.9 Å². The van der Waals surface area contributed by atoms with E-state index in [1.54, 1.807) is 0 Å². The molecule has 0 unspecified atom stereocenters. The molecule has 0 saturated heterocycles. The van der Waals surface area contributed by atoms with Gasteiger partial charge in [-0.3, -0.25) is 9.59 Å². The molecule has 0 radical (unpaired) electrons. The lowest BCUT2D eigenvalue weighted by atomic mass is 10.1. The lowest BCUT2D eigenvalue weighted by Crippen LogP contribution is -2.49. The number of hydrogen-bond acceptors (Lipinski definition) is 4. The molecule has 0 saturated carbocycles. The van der Waals surface area contributed by atoms with Crippen molar-refractivity contribution >= 4 is 43.5 Å². The molecule has 1 aliphatic rings. The number of halogens is 1. The van der Waals surface area contributed by atoms with E-state index in [1.165, 1.54) is 26.0 Å². The fourth-order valence-electron chi connectivity index (χ4n) is 1.87. The Morgan fingerprint density at radius 3 is 2.62 bits per heavy atom. The molecular weight excluding hydrogens is 364 g/mol. The van der Waals surface area contributed by atoms with Gasteiger partial charge in [-0.2, -0.15) is 4.72 Å². The van der Waals surface area contributed by atoms with Crippen LogP contribution in [0, 0.1) is 0 Å². The number of fused-ring (bicyclic) bond motifs is 1. The van der Waals surface area contributed by atoms with E-state index >= 15 is 0 Å². The zero-order chi connectivity index (χ0) is 16.0. The van der Waals surface area contributed by atoms with Crippen LogP contribution in [0.2, 0.25) is 0 Å².